The monoisotopic (exact) mass is 285 g/mol. The summed E-state index contributed by atoms with van der Waals surface area (Å²) >= 11 is 0. The maximum atomic E-state index is 11.8. The molecule has 0 heterocycles. The van der Waals surface area contributed by atoms with E-state index in [1.165, 1.54) is 51.4 Å². The van der Waals surface area contributed by atoms with Gasteiger partial charge in [-0.05, 0) is 19.3 Å². The van der Waals surface area contributed by atoms with Gasteiger partial charge in [-0.3, -0.25) is 10.0 Å². The maximum Gasteiger partial charge on any atom is 0.249 e. The van der Waals surface area contributed by atoms with E-state index in [0.29, 0.717) is 0 Å². The van der Waals surface area contributed by atoms with Gasteiger partial charge >= 0.3 is 0 Å². The molecule has 1 amide bonds. The first kappa shape index (κ1) is 19.4. The van der Waals surface area contributed by atoms with Crippen LogP contribution in [0.5, 0.6) is 0 Å². The van der Waals surface area contributed by atoms with Crippen molar-refractivity contribution >= 4 is 5.91 Å². The Morgan fingerprint density at radius 3 is 1.70 bits per heavy atom. The molecule has 0 aliphatic heterocycles. The Hall–Kier alpha value is -0.570. The lowest BCUT2D eigenvalue weighted by molar-refractivity contribution is -0.141. The molecule has 3 heteroatoms. The molecule has 0 radical (unpaired) electrons. The van der Waals surface area contributed by atoms with E-state index in [-0.39, 0.29) is 11.3 Å². The highest BCUT2D eigenvalue weighted by atomic mass is 16.5. The van der Waals surface area contributed by atoms with Crippen LogP contribution in [0.4, 0.5) is 0 Å². The van der Waals surface area contributed by atoms with Crippen molar-refractivity contribution in [3.8, 4) is 0 Å². The Morgan fingerprint density at radius 2 is 1.30 bits per heavy atom. The molecule has 120 valence electrons. The third-order valence-electron chi connectivity index (χ3n) is 4.70. The number of amides is 1. The molecule has 0 spiro atoms. The van der Waals surface area contributed by atoms with Crippen molar-refractivity contribution in [3.05, 3.63) is 0 Å². The number of carbonyl (C=O) groups excluding carboxylic acids is 1. The molecule has 0 aliphatic carbocycles. The Bertz CT molecular complexity index is 237. The van der Waals surface area contributed by atoms with Crippen molar-refractivity contribution in [3.63, 3.8) is 0 Å². The van der Waals surface area contributed by atoms with Crippen molar-refractivity contribution in [1.82, 2.24) is 5.48 Å². The molecule has 0 aromatic rings. The van der Waals surface area contributed by atoms with Crippen LogP contribution in [0, 0.1) is 5.41 Å². The zero-order chi connectivity index (χ0) is 15.3. The highest BCUT2D eigenvalue weighted by molar-refractivity contribution is 5.81. The topological polar surface area (TPSA) is 49.3 Å². The highest BCUT2D eigenvalue weighted by Crippen LogP contribution is 2.33. The Labute approximate surface area is 125 Å². The van der Waals surface area contributed by atoms with Gasteiger partial charge in [0.25, 0.3) is 0 Å². The van der Waals surface area contributed by atoms with Crippen LogP contribution in [0.15, 0.2) is 0 Å². The fraction of sp³-hybridized carbons (Fsp3) is 0.941. The summed E-state index contributed by atoms with van der Waals surface area (Å²) in [7, 11) is 0. The molecule has 0 aromatic heterocycles. The van der Waals surface area contributed by atoms with Gasteiger partial charge in [-0.2, -0.15) is 0 Å². The zero-order valence-corrected chi connectivity index (χ0v) is 13.8. The lowest BCUT2D eigenvalue weighted by Crippen LogP contribution is -2.38. The van der Waals surface area contributed by atoms with Crippen LogP contribution in [-0.2, 0) is 4.79 Å². The van der Waals surface area contributed by atoms with E-state index in [9.17, 15) is 4.79 Å². The van der Waals surface area contributed by atoms with E-state index >= 15 is 0 Å². The molecule has 0 fully saturated rings. The van der Waals surface area contributed by atoms with E-state index < -0.39 is 0 Å². The van der Waals surface area contributed by atoms with Gasteiger partial charge < -0.3 is 0 Å². The Kier molecular flexibility index (Phi) is 11.8. The molecular weight excluding hydrogens is 250 g/mol. The number of hydroxylamine groups is 1. The first-order valence-electron chi connectivity index (χ1n) is 8.61. The number of carbonyl (C=O) groups is 1. The largest absolute Gasteiger partial charge is 0.289 e. The summed E-state index contributed by atoms with van der Waals surface area (Å²) in [5, 5.41) is 8.88. The van der Waals surface area contributed by atoms with Crippen LogP contribution in [-0.4, -0.2) is 11.1 Å². The van der Waals surface area contributed by atoms with Gasteiger partial charge in [0.15, 0.2) is 0 Å². The molecule has 0 saturated carbocycles. The van der Waals surface area contributed by atoms with Crippen LogP contribution in [0.3, 0.4) is 0 Å². The van der Waals surface area contributed by atoms with Gasteiger partial charge in [0.05, 0.1) is 5.41 Å². The van der Waals surface area contributed by atoms with Crippen molar-refractivity contribution in [1.29, 1.82) is 0 Å². The fourth-order valence-electron chi connectivity index (χ4n) is 2.93. The lowest BCUT2D eigenvalue weighted by Gasteiger charge is -2.29. The highest BCUT2D eigenvalue weighted by Gasteiger charge is 2.33. The van der Waals surface area contributed by atoms with E-state index in [1.807, 2.05) is 19.3 Å². The van der Waals surface area contributed by atoms with Crippen LogP contribution in [0.25, 0.3) is 0 Å². The van der Waals surface area contributed by atoms with Crippen LogP contribution >= 0.6 is 0 Å². The first-order chi connectivity index (χ1) is 9.66. The molecular formula is C17H35NO2. The molecule has 2 N–H and O–H groups in total. The number of nitrogens with one attached hydrogen (secondary N) is 1. The number of rotatable bonds is 13. The van der Waals surface area contributed by atoms with Crippen LogP contribution < -0.4 is 5.48 Å². The summed E-state index contributed by atoms with van der Waals surface area (Å²) in [5.74, 6) is -0.206. The second kappa shape index (κ2) is 12.2. The van der Waals surface area contributed by atoms with Gasteiger partial charge in [0.1, 0.15) is 0 Å². The zero-order valence-electron chi connectivity index (χ0n) is 13.8. The summed E-state index contributed by atoms with van der Waals surface area (Å²) in [6.07, 6.45) is 14.1. The van der Waals surface area contributed by atoms with Crippen molar-refractivity contribution in [2.45, 2.75) is 97.8 Å². The van der Waals surface area contributed by atoms with Crippen molar-refractivity contribution in [2.24, 2.45) is 5.41 Å². The number of hydrogen-bond acceptors (Lipinski definition) is 2. The third kappa shape index (κ3) is 7.28. The van der Waals surface area contributed by atoms with Gasteiger partial charge in [-0.1, -0.05) is 78.6 Å². The number of unbranched alkanes of at least 4 members (excludes halogenated alkanes) is 8. The minimum atomic E-state index is -0.365. The minimum Gasteiger partial charge on any atom is -0.289 e. The van der Waals surface area contributed by atoms with Crippen molar-refractivity contribution in [2.75, 3.05) is 0 Å². The summed E-state index contributed by atoms with van der Waals surface area (Å²) in [5.41, 5.74) is 1.48. The SMILES string of the molecule is CCCCCCCCCCCC(CC)(CC)C(=O)NO. The Morgan fingerprint density at radius 1 is 0.850 bits per heavy atom. The lowest BCUT2D eigenvalue weighted by atomic mass is 9.77. The maximum absolute atomic E-state index is 11.8. The van der Waals surface area contributed by atoms with E-state index in [1.54, 1.807) is 0 Å². The molecule has 0 unspecified atom stereocenters. The van der Waals surface area contributed by atoms with Gasteiger partial charge in [0, 0.05) is 0 Å². The van der Waals surface area contributed by atoms with E-state index in [4.69, 9.17) is 5.21 Å². The van der Waals surface area contributed by atoms with Gasteiger partial charge in [-0.15, -0.1) is 0 Å². The van der Waals surface area contributed by atoms with Gasteiger partial charge in [-0.25, -0.2) is 5.48 Å². The summed E-state index contributed by atoms with van der Waals surface area (Å²) in [4.78, 5) is 11.8. The predicted octanol–water partition coefficient (Wildman–Crippen LogP) is 5.22. The predicted molar refractivity (Wildman–Crippen MR) is 84.8 cm³/mol. The van der Waals surface area contributed by atoms with Gasteiger partial charge in [0.2, 0.25) is 5.91 Å². The average molecular weight is 285 g/mol. The molecule has 3 nitrogen and oxygen atoms in total. The molecule has 0 saturated heterocycles. The standard InChI is InChI=1S/C17H35NO2/c1-4-7-8-9-10-11-12-13-14-15-17(5-2,6-3)16(19)18-20/h20H,4-15H2,1-3H3,(H,18,19). The smallest absolute Gasteiger partial charge is 0.249 e. The summed E-state index contributed by atoms with van der Waals surface area (Å²) < 4.78 is 0. The molecule has 20 heavy (non-hydrogen) atoms. The second-order valence-corrected chi connectivity index (χ2v) is 6.01. The molecule has 0 aliphatic rings. The second-order valence-electron chi connectivity index (χ2n) is 6.01. The normalized spacial score (nSPS) is 11.6. The summed E-state index contributed by atoms with van der Waals surface area (Å²) in [6.45, 7) is 6.31. The van der Waals surface area contributed by atoms with E-state index in [0.717, 1.165) is 25.7 Å². The average Bonchev–Trinajstić information content (AvgIpc) is 2.49. The molecule has 0 atom stereocenters. The van der Waals surface area contributed by atoms with E-state index in [2.05, 4.69) is 6.92 Å². The van der Waals surface area contributed by atoms with Crippen LogP contribution in [0.1, 0.15) is 97.8 Å². The first-order valence-corrected chi connectivity index (χ1v) is 8.61. The molecule has 0 bridgehead atoms. The minimum absolute atomic E-state index is 0.206. The third-order valence-corrected chi connectivity index (χ3v) is 4.70. The Balaban J connectivity index is 3.72. The molecule has 0 rings (SSSR count). The number of hydrogen-bond donors (Lipinski definition) is 2. The quantitative estimate of drug-likeness (QED) is 0.277. The fourth-order valence-corrected chi connectivity index (χ4v) is 2.93. The summed E-state index contributed by atoms with van der Waals surface area (Å²) in [6, 6.07) is 0. The molecule has 0 aromatic carbocycles. The van der Waals surface area contributed by atoms with Crippen molar-refractivity contribution < 1.29 is 10.0 Å². The van der Waals surface area contributed by atoms with Crippen LogP contribution in [0.2, 0.25) is 0 Å².